The first-order chi connectivity index (χ1) is 32.1. The molecule has 0 aliphatic heterocycles. The minimum Gasteiger partial charge on any atom is -0.457 e. The molecule has 0 spiro atoms. The van der Waals surface area contributed by atoms with Gasteiger partial charge in [0.15, 0.2) is 0 Å². The van der Waals surface area contributed by atoms with E-state index in [0.29, 0.717) is 34.2 Å². The number of ether oxygens (including phenoxy) is 4. The van der Waals surface area contributed by atoms with Crippen molar-refractivity contribution in [1.82, 2.24) is 0 Å². The lowest BCUT2D eigenvalue weighted by atomic mass is 10.00. The third-order valence-electron chi connectivity index (χ3n) is 9.89. The molecule has 0 fully saturated rings. The van der Waals surface area contributed by atoms with Crippen molar-refractivity contribution >= 4 is 34.1 Å². The molecule has 0 unspecified atom stereocenters. The van der Waals surface area contributed by atoms with Crippen molar-refractivity contribution in [2.75, 3.05) is 34.4 Å². The van der Waals surface area contributed by atoms with E-state index in [1.54, 1.807) is 48.5 Å². The SMILES string of the molecule is Nc1ccc(Cc2ccc(Cc3ccc(N)cc3)cc2)cc1.Nc1ccc(Oc2ccc(Oc3ccc(N)cc3)cc2)cc1.Nc1ccc(Oc2cccc(Oc3ccc(N)cc3)c2)cc1. The summed E-state index contributed by atoms with van der Waals surface area (Å²) in [6.07, 6.45) is 1.87. The fraction of sp³-hybridized carbons (Fsp3) is 0.0357. The van der Waals surface area contributed by atoms with Crippen LogP contribution in [-0.2, 0) is 12.8 Å². The van der Waals surface area contributed by atoms with E-state index in [4.69, 9.17) is 53.3 Å². The van der Waals surface area contributed by atoms with E-state index in [-0.39, 0.29) is 0 Å². The van der Waals surface area contributed by atoms with Crippen molar-refractivity contribution in [2.24, 2.45) is 0 Å². The van der Waals surface area contributed by atoms with Gasteiger partial charge in [-0.15, -0.1) is 0 Å². The average Bonchev–Trinajstić information content (AvgIpc) is 3.33. The maximum absolute atomic E-state index is 5.78. The lowest BCUT2D eigenvalue weighted by Gasteiger charge is -2.09. The fourth-order valence-electron chi connectivity index (χ4n) is 6.38. The summed E-state index contributed by atoms with van der Waals surface area (Å²) in [7, 11) is 0. The van der Waals surface area contributed by atoms with Gasteiger partial charge in [-0.05, 0) is 193 Å². The second-order valence-corrected chi connectivity index (χ2v) is 15.3. The first-order valence-electron chi connectivity index (χ1n) is 21.2. The van der Waals surface area contributed by atoms with Crippen LogP contribution >= 0.6 is 0 Å². The molecule has 10 heteroatoms. The molecule has 0 heterocycles. The van der Waals surface area contributed by atoms with Gasteiger partial charge in [-0.3, -0.25) is 0 Å². The predicted molar refractivity (Wildman–Crippen MR) is 270 cm³/mol. The summed E-state index contributed by atoms with van der Waals surface area (Å²) in [6.45, 7) is 0. The van der Waals surface area contributed by atoms with Crippen molar-refractivity contribution in [3.8, 4) is 46.0 Å². The lowest BCUT2D eigenvalue weighted by molar-refractivity contribution is 0.460. The summed E-state index contributed by atoms with van der Waals surface area (Å²) < 4.78 is 23.0. The van der Waals surface area contributed by atoms with Crippen LogP contribution < -0.4 is 53.3 Å². The van der Waals surface area contributed by atoms with Gasteiger partial charge in [0.05, 0.1) is 0 Å². The smallest absolute Gasteiger partial charge is 0.131 e. The van der Waals surface area contributed by atoms with Crippen molar-refractivity contribution < 1.29 is 18.9 Å². The summed E-state index contributed by atoms with van der Waals surface area (Å²) in [5.41, 5.74) is 43.6. The van der Waals surface area contributed by atoms with E-state index < -0.39 is 0 Å². The lowest BCUT2D eigenvalue weighted by Crippen LogP contribution is -1.92. The van der Waals surface area contributed by atoms with Crippen LogP contribution in [0.3, 0.4) is 0 Å². The quantitative estimate of drug-likeness (QED) is 0.0643. The normalized spacial score (nSPS) is 10.3. The zero-order valence-corrected chi connectivity index (χ0v) is 36.3. The molecule has 9 aromatic rings. The zero-order chi connectivity index (χ0) is 46.1. The van der Waals surface area contributed by atoms with Gasteiger partial charge in [0.1, 0.15) is 46.0 Å². The van der Waals surface area contributed by atoms with Crippen LogP contribution in [0.1, 0.15) is 22.3 Å². The van der Waals surface area contributed by atoms with Crippen LogP contribution in [0.2, 0.25) is 0 Å². The number of rotatable bonds is 12. The number of nitrogens with two attached hydrogens (primary N) is 6. The van der Waals surface area contributed by atoms with E-state index in [2.05, 4.69) is 48.5 Å². The molecular formula is C56H52N6O4. The molecule has 330 valence electrons. The largest absolute Gasteiger partial charge is 0.457 e. The molecule has 0 saturated heterocycles. The van der Waals surface area contributed by atoms with E-state index in [0.717, 1.165) is 58.7 Å². The molecule has 0 aromatic heterocycles. The van der Waals surface area contributed by atoms with Gasteiger partial charge >= 0.3 is 0 Å². The summed E-state index contributed by atoms with van der Waals surface area (Å²) in [6, 6.07) is 68.7. The van der Waals surface area contributed by atoms with Crippen LogP contribution in [-0.4, -0.2) is 0 Å². The standard InChI is InChI=1S/C20H20N2.2C18H16N2O2/c21-19-9-5-17(6-10-19)13-15-1-2-16(4-3-15)14-18-7-11-20(22)12-8-18;19-13-1-5-15(6-2-13)21-17-9-11-18(12-10-17)22-16-7-3-14(20)4-8-16;19-13-4-8-15(9-5-13)21-17-2-1-3-18(12-17)22-16-10-6-14(20)7-11-16/h1-12H,13-14,21-22H2;2*1-12H,19-20H2. The molecule has 0 aliphatic carbocycles. The summed E-state index contributed by atoms with van der Waals surface area (Å²) in [5, 5.41) is 0. The van der Waals surface area contributed by atoms with Gasteiger partial charge in [0.25, 0.3) is 0 Å². The molecule has 12 N–H and O–H groups in total. The highest BCUT2D eigenvalue weighted by atomic mass is 16.5. The maximum atomic E-state index is 5.78. The van der Waals surface area contributed by atoms with Crippen LogP contribution in [0.4, 0.5) is 34.1 Å². The molecule has 0 radical (unpaired) electrons. The summed E-state index contributed by atoms with van der Waals surface area (Å²) in [4.78, 5) is 0. The van der Waals surface area contributed by atoms with E-state index >= 15 is 0 Å². The monoisotopic (exact) mass is 872 g/mol. The van der Waals surface area contributed by atoms with Gasteiger partial charge in [0, 0.05) is 40.2 Å². The molecule has 0 atom stereocenters. The third-order valence-corrected chi connectivity index (χ3v) is 9.89. The Kier molecular flexibility index (Phi) is 15.3. The van der Waals surface area contributed by atoms with Crippen LogP contribution in [0.5, 0.6) is 46.0 Å². The zero-order valence-electron chi connectivity index (χ0n) is 36.3. The van der Waals surface area contributed by atoms with Gasteiger partial charge in [-0.1, -0.05) is 54.6 Å². The Labute approximate surface area is 385 Å². The fourth-order valence-corrected chi connectivity index (χ4v) is 6.38. The predicted octanol–water partition coefficient (Wildman–Crippen LogP) is 12.9. The first kappa shape index (κ1) is 45.0. The van der Waals surface area contributed by atoms with Gasteiger partial charge in [0.2, 0.25) is 0 Å². The topological polar surface area (TPSA) is 193 Å². The molecule has 0 aliphatic rings. The van der Waals surface area contributed by atoms with Gasteiger partial charge < -0.3 is 53.3 Å². The Morgan fingerprint density at radius 1 is 0.212 bits per heavy atom. The Morgan fingerprint density at radius 2 is 0.394 bits per heavy atom. The number of nitrogen functional groups attached to an aromatic ring is 6. The number of hydrogen-bond acceptors (Lipinski definition) is 10. The molecule has 10 nitrogen and oxygen atoms in total. The highest BCUT2D eigenvalue weighted by Crippen LogP contribution is 2.30. The minimum atomic E-state index is 0.692. The molecule has 66 heavy (non-hydrogen) atoms. The Morgan fingerprint density at radius 3 is 0.636 bits per heavy atom. The van der Waals surface area contributed by atoms with Crippen LogP contribution in [0.25, 0.3) is 0 Å². The van der Waals surface area contributed by atoms with Crippen LogP contribution in [0, 0.1) is 0 Å². The molecule has 0 bridgehead atoms. The van der Waals surface area contributed by atoms with Crippen molar-refractivity contribution in [1.29, 1.82) is 0 Å². The van der Waals surface area contributed by atoms with E-state index in [1.165, 1.54) is 22.3 Å². The van der Waals surface area contributed by atoms with Crippen molar-refractivity contribution in [3.63, 3.8) is 0 Å². The Hall–Kier alpha value is -9.02. The molecule has 0 saturated carbocycles. The Bertz CT molecular complexity index is 2530. The molecule has 9 aromatic carbocycles. The highest BCUT2D eigenvalue weighted by molar-refractivity contribution is 5.48. The van der Waals surface area contributed by atoms with E-state index in [1.807, 2.05) is 121 Å². The summed E-state index contributed by atoms with van der Waals surface area (Å²) >= 11 is 0. The Balaban J connectivity index is 0.000000147. The van der Waals surface area contributed by atoms with Crippen molar-refractivity contribution in [3.05, 3.63) is 241 Å². The van der Waals surface area contributed by atoms with Gasteiger partial charge in [-0.2, -0.15) is 0 Å². The second-order valence-electron chi connectivity index (χ2n) is 15.3. The van der Waals surface area contributed by atoms with Crippen molar-refractivity contribution in [2.45, 2.75) is 12.8 Å². The molecular weight excluding hydrogens is 821 g/mol. The van der Waals surface area contributed by atoms with Gasteiger partial charge in [-0.25, -0.2) is 0 Å². The highest BCUT2D eigenvalue weighted by Gasteiger charge is 2.04. The van der Waals surface area contributed by atoms with E-state index in [9.17, 15) is 0 Å². The second kappa shape index (κ2) is 22.4. The third kappa shape index (κ3) is 14.5. The maximum Gasteiger partial charge on any atom is 0.131 e. The number of hydrogen-bond donors (Lipinski definition) is 6. The molecule has 0 amide bonds. The first-order valence-corrected chi connectivity index (χ1v) is 21.2. The number of anilines is 6. The average molecular weight is 873 g/mol. The number of benzene rings is 9. The summed E-state index contributed by atoms with van der Waals surface area (Å²) in [5.74, 6) is 5.76. The molecule has 9 rings (SSSR count). The van der Waals surface area contributed by atoms with Crippen LogP contribution in [0.15, 0.2) is 218 Å². The minimum absolute atomic E-state index is 0.692.